The first kappa shape index (κ1) is 14.6. The smallest absolute Gasteiger partial charge is 0.191 e. The summed E-state index contributed by atoms with van der Waals surface area (Å²) >= 11 is 0. The largest absolute Gasteiger partial charge is 0.357 e. The Labute approximate surface area is 121 Å². The van der Waals surface area contributed by atoms with E-state index in [1.807, 2.05) is 6.07 Å². The zero-order valence-corrected chi connectivity index (χ0v) is 12.3. The number of aromatic amines is 1. The third kappa shape index (κ3) is 5.07. The van der Waals surface area contributed by atoms with E-state index < -0.39 is 0 Å². The second kappa shape index (κ2) is 8.40. The summed E-state index contributed by atoms with van der Waals surface area (Å²) in [6.45, 7) is 4.52. The highest BCUT2D eigenvalue weighted by Crippen LogP contribution is 2.19. The average Bonchev–Trinajstić information content (AvgIpc) is 2.99. The summed E-state index contributed by atoms with van der Waals surface area (Å²) < 4.78 is 0. The molecule has 2 rings (SSSR count). The molecule has 0 bridgehead atoms. The van der Waals surface area contributed by atoms with Gasteiger partial charge < -0.3 is 10.6 Å². The number of allylic oxidation sites excluding steroid dienone is 1. The number of guanidine groups is 1. The fourth-order valence-corrected chi connectivity index (χ4v) is 2.35. The van der Waals surface area contributed by atoms with Crippen LogP contribution in [0.1, 0.15) is 44.7 Å². The van der Waals surface area contributed by atoms with Gasteiger partial charge in [-0.2, -0.15) is 5.10 Å². The quantitative estimate of drug-likeness (QED) is 0.424. The van der Waals surface area contributed by atoms with E-state index in [1.165, 1.54) is 25.7 Å². The van der Waals surface area contributed by atoms with Crippen LogP contribution in [0, 0.1) is 0 Å². The van der Waals surface area contributed by atoms with E-state index in [4.69, 9.17) is 0 Å². The molecular weight excluding hydrogens is 250 g/mol. The molecule has 1 heterocycles. The van der Waals surface area contributed by atoms with Crippen molar-refractivity contribution in [3.63, 3.8) is 0 Å². The predicted octanol–water partition coefficient (Wildman–Crippen LogP) is 2.36. The lowest BCUT2D eigenvalue weighted by atomic mass is 9.97. The van der Waals surface area contributed by atoms with E-state index in [0.29, 0.717) is 6.54 Å². The molecule has 0 saturated heterocycles. The van der Waals surface area contributed by atoms with Crippen LogP contribution in [-0.4, -0.2) is 29.2 Å². The lowest BCUT2D eigenvalue weighted by Crippen LogP contribution is -2.37. The highest BCUT2D eigenvalue weighted by Gasteiger charge is 2.04. The maximum absolute atomic E-state index is 4.54. The average molecular weight is 275 g/mol. The molecule has 20 heavy (non-hydrogen) atoms. The third-order valence-corrected chi connectivity index (χ3v) is 3.43. The Morgan fingerprint density at radius 2 is 2.35 bits per heavy atom. The van der Waals surface area contributed by atoms with Crippen molar-refractivity contribution in [3.05, 3.63) is 29.6 Å². The van der Waals surface area contributed by atoms with E-state index in [0.717, 1.165) is 31.2 Å². The van der Waals surface area contributed by atoms with Crippen LogP contribution in [-0.2, 0) is 6.54 Å². The van der Waals surface area contributed by atoms with Crippen molar-refractivity contribution in [1.29, 1.82) is 0 Å². The number of H-pyrrole nitrogens is 1. The van der Waals surface area contributed by atoms with Crippen molar-refractivity contribution in [2.24, 2.45) is 4.99 Å². The third-order valence-electron chi connectivity index (χ3n) is 3.43. The van der Waals surface area contributed by atoms with Crippen LogP contribution in [0.5, 0.6) is 0 Å². The van der Waals surface area contributed by atoms with Gasteiger partial charge >= 0.3 is 0 Å². The minimum atomic E-state index is 0.623. The van der Waals surface area contributed by atoms with Crippen LogP contribution in [0.3, 0.4) is 0 Å². The molecule has 0 saturated carbocycles. The molecule has 0 radical (unpaired) electrons. The van der Waals surface area contributed by atoms with Crippen LogP contribution in [0.4, 0.5) is 0 Å². The minimum absolute atomic E-state index is 0.623. The van der Waals surface area contributed by atoms with Crippen LogP contribution in [0.2, 0.25) is 0 Å². The van der Waals surface area contributed by atoms with Gasteiger partial charge in [-0.1, -0.05) is 11.6 Å². The molecule has 1 aromatic heterocycles. The molecule has 5 nitrogen and oxygen atoms in total. The molecular formula is C15H25N5. The summed E-state index contributed by atoms with van der Waals surface area (Å²) in [6.07, 6.45) is 10.5. The van der Waals surface area contributed by atoms with Gasteiger partial charge in [0.2, 0.25) is 0 Å². The zero-order valence-electron chi connectivity index (χ0n) is 12.3. The molecule has 1 aliphatic carbocycles. The van der Waals surface area contributed by atoms with Crippen LogP contribution in [0.25, 0.3) is 0 Å². The summed E-state index contributed by atoms with van der Waals surface area (Å²) in [7, 11) is 0. The van der Waals surface area contributed by atoms with E-state index >= 15 is 0 Å². The molecule has 3 N–H and O–H groups in total. The molecule has 0 aromatic carbocycles. The maximum atomic E-state index is 4.54. The molecule has 0 aliphatic heterocycles. The molecule has 0 unspecified atom stereocenters. The van der Waals surface area contributed by atoms with Crippen molar-refractivity contribution in [2.75, 3.05) is 13.1 Å². The molecule has 0 spiro atoms. The Balaban J connectivity index is 1.76. The monoisotopic (exact) mass is 275 g/mol. The minimum Gasteiger partial charge on any atom is -0.357 e. The van der Waals surface area contributed by atoms with Gasteiger partial charge in [0.15, 0.2) is 5.96 Å². The van der Waals surface area contributed by atoms with Gasteiger partial charge in [0.25, 0.3) is 0 Å². The lowest BCUT2D eigenvalue weighted by molar-refractivity contribution is 0.665. The van der Waals surface area contributed by atoms with Crippen molar-refractivity contribution < 1.29 is 0 Å². The Kier molecular flexibility index (Phi) is 6.14. The first-order chi connectivity index (χ1) is 9.88. The molecule has 0 atom stereocenters. The van der Waals surface area contributed by atoms with Crippen molar-refractivity contribution in [2.45, 2.75) is 45.6 Å². The summed E-state index contributed by atoms with van der Waals surface area (Å²) in [4.78, 5) is 4.54. The fraction of sp³-hybridized carbons (Fsp3) is 0.600. The lowest BCUT2D eigenvalue weighted by Gasteiger charge is -2.15. The number of aromatic nitrogens is 2. The van der Waals surface area contributed by atoms with Gasteiger partial charge in [0, 0.05) is 19.3 Å². The van der Waals surface area contributed by atoms with Crippen LogP contribution >= 0.6 is 0 Å². The number of hydrogen-bond acceptors (Lipinski definition) is 2. The Bertz CT molecular complexity index is 433. The Hall–Kier alpha value is -1.78. The Morgan fingerprint density at radius 1 is 1.40 bits per heavy atom. The summed E-state index contributed by atoms with van der Waals surface area (Å²) in [5.74, 6) is 0.874. The van der Waals surface area contributed by atoms with Gasteiger partial charge in [0.05, 0.1) is 12.2 Å². The van der Waals surface area contributed by atoms with E-state index in [9.17, 15) is 0 Å². The zero-order chi connectivity index (χ0) is 14.0. The van der Waals surface area contributed by atoms with E-state index in [-0.39, 0.29) is 0 Å². The normalized spacial score (nSPS) is 15.8. The Morgan fingerprint density at radius 3 is 3.05 bits per heavy atom. The topological polar surface area (TPSA) is 65.1 Å². The van der Waals surface area contributed by atoms with Gasteiger partial charge in [0.1, 0.15) is 0 Å². The van der Waals surface area contributed by atoms with Crippen molar-refractivity contribution in [3.8, 4) is 0 Å². The van der Waals surface area contributed by atoms with Crippen molar-refractivity contribution >= 4 is 5.96 Å². The van der Waals surface area contributed by atoms with Gasteiger partial charge in [-0.05, 0) is 45.1 Å². The van der Waals surface area contributed by atoms with E-state index in [2.05, 4.69) is 38.8 Å². The van der Waals surface area contributed by atoms with Gasteiger partial charge in [-0.15, -0.1) is 0 Å². The molecule has 5 heteroatoms. The first-order valence-corrected chi connectivity index (χ1v) is 7.57. The second-order valence-electron chi connectivity index (χ2n) is 5.06. The number of hydrogen-bond donors (Lipinski definition) is 3. The summed E-state index contributed by atoms with van der Waals surface area (Å²) in [6, 6.07) is 1.94. The number of nitrogens with one attached hydrogen (secondary N) is 3. The molecule has 1 aliphatic rings. The standard InChI is InChI=1S/C15H25N5/c1-2-16-15(18-12-14-9-11-19-20-14)17-10-8-13-6-4-3-5-7-13/h6,9,11H,2-5,7-8,10,12H2,1H3,(H,19,20)(H2,16,17,18). The highest BCUT2D eigenvalue weighted by atomic mass is 15.2. The molecule has 110 valence electrons. The fourth-order valence-electron chi connectivity index (χ4n) is 2.35. The molecule has 0 fully saturated rings. The van der Waals surface area contributed by atoms with Gasteiger partial charge in [-0.25, -0.2) is 4.99 Å². The summed E-state index contributed by atoms with van der Waals surface area (Å²) in [5, 5.41) is 13.5. The SMILES string of the molecule is CCNC(=NCc1ccn[nH]1)NCCC1=CCCCC1. The first-order valence-electron chi connectivity index (χ1n) is 7.57. The van der Waals surface area contributed by atoms with Crippen molar-refractivity contribution in [1.82, 2.24) is 20.8 Å². The van der Waals surface area contributed by atoms with Crippen LogP contribution < -0.4 is 10.6 Å². The summed E-state index contributed by atoms with van der Waals surface area (Å²) in [5.41, 5.74) is 2.62. The number of nitrogens with zero attached hydrogens (tertiary/aromatic N) is 2. The van der Waals surface area contributed by atoms with E-state index in [1.54, 1.807) is 11.8 Å². The second-order valence-corrected chi connectivity index (χ2v) is 5.06. The number of rotatable bonds is 6. The molecule has 0 amide bonds. The maximum Gasteiger partial charge on any atom is 0.191 e. The van der Waals surface area contributed by atoms with Crippen LogP contribution in [0.15, 0.2) is 28.9 Å². The highest BCUT2D eigenvalue weighted by molar-refractivity contribution is 5.79. The van der Waals surface area contributed by atoms with Gasteiger partial charge in [-0.3, -0.25) is 5.10 Å². The number of aliphatic imine (C=N–C) groups is 1. The molecule has 1 aromatic rings. The predicted molar refractivity (Wildman–Crippen MR) is 82.6 cm³/mol.